The van der Waals surface area contributed by atoms with Crippen LogP contribution in [0.3, 0.4) is 0 Å². The lowest BCUT2D eigenvalue weighted by Gasteiger charge is -2.31. The number of amides is 1. The summed E-state index contributed by atoms with van der Waals surface area (Å²) >= 11 is 0. The number of likely N-dealkylation sites (tertiary alicyclic amines) is 2. The summed E-state index contributed by atoms with van der Waals surface area (Å²) in [5.74, 6) is 1.39. The van der Waals surface area contributed by atoms with Crippen LogP contribution in [0.2, 0.25) is 0 Å². The van der Waals surface area contributed by atoms with Crippen molar-refractivity contribution in [3.8, 4) is 0 Å². The monoisotopic (exact) mass is 371 g/mol. The molecule has 1 aromatic rings. The molecular formula is C23H37N3O. The molecule has 27 heavy (non-hydrogen) atoms. The molecule has 0 unspecified atom stereocenters. The fourth-order valence-electron chi connectivity index (χ4n) is 4.37. The Morgan fingerprint density at radius 3 is 2.26 bits per heavy atom. The van der Waals surface area contributed by atoms with Crippen LogP contribution in [0.4, 0.5) is 0 Å². The molecule has 0 radical (unpaired) electrons. The molecule has 0 aromatic heterocycles. The van der Waals surface area contributed by atoms with Crippen molar-refractivity contribution in [2.24, 2.45) is 11.8 Å². The summed E-state index contributed by atoms with van der Waals surface area (Å²) in [5.41, 5.74) is 2.72. The van der Waals surface area contributed by atoms with Gasteiger partial charge in [-0.15, -0.1) is 0 Å². The third-order valence-corrected chi connectivity index (χ3v) is 6.52. The van der Waals surface area contributed by atoms with Crippen molar-refractivity contribution in [3.63, 3.8) is 0 Å². The van der Waals surface area contributed by atoms with Crippen LogP contribution in [0.15, 0.2) is 24.3 Å². The van der Waals surface area contributed by atoms with Gasteiger partial charge in [0.05, 0.1) is 0 Å². The number of carbonyl (C=O) groups excluding carboxylic acids is 1. The quantitative estimate of drug-likeness (QED) is 0.799. The predicted molar refractivity (Wildman–Crippen MR) is 112 cm³/mol. The van der Waals surface area contributed by atoms with Gasteiger partial charge in [-0.05, 0) is 82.4 Å². The van der Waals surface area contributed by atoms with Crippen LogP contribution in [0, 0.1) is 11.8 Å². The minimum Gasteiger partial charge on any atom is -0.356 e. The summed E-state index contributed by atoms with van der Waals surface area (Å²) in [7, 11) is 2.13. The van der Waals surface area contributed by atoms with Crippen LogP contribution in [-0.2, 0) is 17.8 Å². The Morgan fingerprint density at radius 1 is 1.00 bits per heavy atom. The number of carbonyl (C=O) groups is 1. The fourth-order valence-corrected chi connectivity index (χ4v) is 4.37. The molecule has 0 spiro atoms. The summed E-state index contributed by atoms with van der Waals surface area (Å²) < 4.78 is 0. The number of hydrogen-bond donors (Lipinski definition) is 1. The van der Waals surface area contributed by atoms with Gasteiger partial charge in [-0.1, -0.05) is 37.6 Å². The zero-order chi connectivity index (χ0) is 19.1. The maximum absolute atomic E-state index is 12.3. The van der Waals surface area contributed by atoms with Gasteiger partial charge in [-0.2, -0.15) is 0 Å². The van der Waals surface area contributed by atoms with Gasteiger partial charge in [-0.3, -0.25) is 9.69 Å². The topological polar surface area (TPSA) is 35.6 Å². The predicted octanol–water partition coefficient (Wildman–Crippen LogP) is 3.31. The minimum absolute atomic E-state index is 0.209. The minimum atomic E-state index is 0.209. The van der Waals surface area contributed by atoms with E-state index in [1.807, 2.05) is 0 Å². The highest BCUT2D eigenvalue weighted by Gasteiger charge is 2.22. The number of nitrogens with zero attached hydrogens (tertiary/aromatic N) is 2. The van der Waals surface area contributed by atoms with Gasteiger partial charge in [0.25, 0.3) is 0 Å². The first kappa shape index (κ1) is 20.3. The van der Waals surface area contributed by atoms with Crippen LogP contribution in [-0.4, -0.2) is 55.5 Å². The highest BCUT2D eigenvalue weighted by atomic mass is 16.1. The highest BCUT2D eigenvalue weighted by molar-refractivity contribution is 5.78. The fraction of sp³-hybridized carbons (Fsp3) is 0.696. The summed E-state index contributed by atoms with van der Waals surface area (Å²) in [5, 5.41) is 3.14. The summed E-state index contributed by atoms with van der Waals surface area (Å²) in [6.07, 6.45) is 6.94. The summed E-state index contributed by atoms with van der Waals surface area (Å²) in [6, 6.07) is 8.99. The molecule has 1 aromatic carbocycles. The molecule has 0 bridgehead atoms. The molecule has 2 fully saturated rings. The number of rotatable bonds is 7. The SMILES string of the molecule is CCC1CCN(Cc2ccc(CCNC(=O)C3CCN(C)CC3)cc2)CC1. The van der Waals surface area contributed by atoms with E-state index in [0.717, 1.165) is 51.4 Å². The molecule has 1 N–H and O–H groups in total. The van der Waals surface area contributed by atoms with Gasteiger partial charge < -0.3 is 10.2 Å². The Kier molecular flexibility index (Phi) is 7.71. The average Bonchev–Trinajstić information content (AvgIpc) is 2.70. The Bertz CT molecular complexity index is 570. The van der Waals surface area contributed by atoms with Gasteiger partial charge >= 0.3 is 0 Å². The van der Waals surface area contributed by atoms with E-state index < -0.39 is 0 Å². The molecule has 3 rings (SSSR count). The van der Waals surface area contributed by atoms with Crippen molar-refractivity contribution in [1.82, 2.24) is 15.1 Å². The lowest BCUT2D eigenvalue weighted by Crippen LogP contribution is -2.39. The second-order valence-electron chi connectivity index (χ2n) is 8.56. The van der Waals surface area contributed by atoms with Gasteiger partial charge in [0, 0.05) is 19.0 Å². The molecule has 2 heterocycles. The molecule has 2 aliphatic heterocycles. The largest absolute Gasteiger partial charge is 0.356 e. The van der Waals surface area contributed by atoms with Crippen molar-refractivity contribution >= 4 is 5.91 Å². The Morgan fingerprint density at radius 2 is 1.63 bits per heavy atom. The van der Waals surface area contributed by atoms with Crippen LogP contribution in [0.1, 0.15) is 50.2 Å². The molecule has 150 valence electrons. The molecule has 0 atom stereocenters. The van der Waals surface area contributed by atoms with E-state index in [0.29, 0.717) is 0 Å². The summed E-state index contributed by atoms with van der Waals surface area (Å²) in [6.45, 7) is 8.69. The van der Waals surface area contributed by atoms with E-state index in [1.54, 1.807) is 0 Å². The van der Waals surface area contributed by atoms with E-state index in [4.69, 9.17) is 0 Å². The van der Waals surface area contributed by atoms with Gasteiger partial charge in [-0.25, -0.2) is 0 Å². The highest BCUT2D eigenvalue weighted by Crippen LogP contribution is 2.21. The molecule has 2 saturated heterocycles. The molecule has 1 amide bonds. The lowest BCUT2D eigenvalue weighted by atomic mass is 9.94. The maximum Gasteiger partial charge on any atom is 0.223 e. The van der Waals surface area contributed by atoms with Crippen molar-refractivity contribution < 1.29 is 4.79 Å². The van der Waals surface area contributed by atoms with Crippen molar-refractivity contribution in [2.75, 3.05) is 39.8 Å². The Labute approximate surface area is 165 Å². The van der Waals surface area contributed by atoms with E-state index >= 15 is 0 Å². The molecule has 2 aliphatic rings. The Balaban J connectivity index is 1.36. The van der Waals surface area contributed by atoms with Crippen LogP contribution < -0.4 is 5.32 Å². The van der Waals surface area contributed by atoms with Crippen LogP contribution in [0.25, 0.3) is 0 Å². The normalized spacial score (nSPS) is 20.7. The van der Waals surface area contributed by atoms with E-state index in [1.165, 1.54) is 43.5 Å². The maximum atomic E-state index is 12.3. The number of piperidine rings is 2. The van der Waals surface area contributed by atoms with Crippen molar-refractivity contribution in [1.29, 1.82) is 0 Å². The van der Waals surface area contributed by atoms with E-state index in [-0.39, 0.29) is 11.8 Å². The summed E-state index contributed by atoms with van der Waals surface area (Å²) in [4.78, 5) is 17.2. The first-order valence-corrected chi connectivity index (χ1v) is 10.9. The second-order valence-corrected chi connectivity index (χ2v) is 8.56. The first-order valence-electron chi connectivity index (χ1n) is 10.9. The van der Waals surface area contributed by atoms with Crippen molar-refractivity contribution in [3.05, 3.63) is 35.4 Å². The van der Waals surface area contributed by atoms with Gasteiger partial charge in [0.15, 0.2) is 0 Å². The molecule has 4 nitrogen and oxygen atoms in total. The third kappa shape index (κ3) is 6.32. The lowest BCUT2D eigenvalue weighted by molar-refractivity contribution is -0.126. The molecule has 0 aliphatic carbocycles. The van der Waals surface area contributed by atoms with Crippen LogP contribution in [0.5, 0.6) is 0 Å². The smallest absolute Gasteiger partial charge is 0.223 e. The zero-order valence-corrected chi connectivity index (χ0v) is 17.3. The number of nitrogens with one attached hydrogen (secondary N) is 1. The molecule has 4 heteroatoms. The zero-order valence-electron chi connectivity index (χ0n) is 17.3. The third-order valence-electron chi connectivity index (χ3n) is 6.52. The first-order chi connectivity index (χ1) is 13.1. The average molecular weight is 372 g/mol. The van der Waals surface area contributed by atoms with Crippen molar-refractivity contribution in [2.45, 2.75) is 52.0 Å². The van der Waals surface area contributed by atoms with E-state index in [2.05, 4.69) is 53.4 Å². The standard InChI is InChI=1S/C23H37N3O/c1-3-19-9-16-26(17-10-19)18-21-6-4-20(5-7-21)8-13-24-23(27)22-11-14-25(2)15-12-22/h4-7,19,22H,3,8-18H2,1-2H3,(H,24,27). The molecule has 0 saturated carbocycles. The van der Waals surface area contributed by atoms with Gasteiger partial charge in [0.1, 0.15) is 0 Å². The van der Waals surface area contributed by atoms with Crippen LogP contribution >= 0.6 is 0 Å². The van der Waals surface area contributed by atoms with Gasteiger partial charge in [0.2, 0.25) is 5.91 Å². The Hall–Kier alpha value is -1.39. The number of benzene rings is 1. The second kappa shape index (κ2) is 10.2. The molecular weight excluding hydrogens is 334 g/mol. The van der Waals surface area contributed by atoms with E-state index in [9.17, 15) is 4.79 Å². The number of hydrogen-bond acceptors (Lipinski definition) is 3.